The van der Waals surface area contributed by atoms with Crippen LogP contribution in [0.3, 0.4) is 0 Å². The number of carbonyl (C=O) groups is 1. The van der Waals surface area contributed by atoms with Gasteiger partial charge in [-0.05, 0) is 62.3 Å². The fourth-order valence-corrected chi connectivity index (χ4v) is 3.15. The number of ether oxygens (including phenoxy) is 2. The third-order valence-electron chi connectivity index (χ3n) is 4.73. The maximum Gasteiger partial charge on any atom is 0.335 e. The van der Waals surface area contributed by atoms with Crippen molar-refractivity contribution in [3.8, 4) is 5.75 Å². The zero-order valence-electron chi connectivity index (χ0n) is 14.7. The van der Waals surface area contributed by atoms with Crippen LogP contribution < -0.4 is 4.74 Å². The maximum absolute atomic E-state index is 10.8. The Morgan fingerprint density at radius 1 is 1.08 bits per heavy atom. The van der Waals surface area contributed by atoms with Gasteiger partial charge >= 0.3 is 5.97 Å². The fourth-order valence-electron chi connectivity index (χ4n) is 3.15. The van der Waals surface area contributed by atoms with Gasteiger partial charge in [-0.2, -0.15) is 0 Å². The summed E-state index contributed by atoms with van der Waals surface area (Å²) in [6.07, 6.45) is 10.0. The van der Waals surface area contributed by atoms with Gasteiger partial charge < -0.3 is 14.6 Å². The third-order valence-corrected chi connectivity index (χ3v) is 4.73. The zero-order valence-corrected chi connectivity index (χ0v) is 14.7. The molecule has 1 aliphatic rings. The molecular formula is C20H30O4. The minimum Gasteiger partial charge on any atom is -0.493 e. The molecule has 24 heavy (non-hydrogen) atoms. The van der Waals surface area contributed by atoms with Gasteiger partial charge in [0.05, 0.1) is 18.3 Å². The first-order valence-corrected chi connectivity index (χ1v) is 9.26. The highest BCUT2D eigenvalue weighted by atomic mass is 16.5. The Bertz CT molecular complexity index is 475. The first kappa shape index (κ1) is 18.8. The highest BCUT2D eigenvalue weighted by Crippen LogP contribution is 2.27. The second-order valence-corrected chi connectivity index (χ2v) is 6.71. The quantitative estimate of drug-likeness (QED) is 0.617. The van der Waals surface area contributed by atoms with Crippen LogP contribution in [0.1, 0.15) is 68.6 Å². The van der Waals surface area contributed by atoms with Gasteiger partial charge in [-0.1, -0.05) is 26.2 Å². The van der Waals surface area contributed by atoms with Crippen LogP contribution in [0.4, 0.5) is 0 Å². The van der Waals surface area contributed by atoms with Gasteiger partial charge in [0.2, 0.25) is 0 Å². The second kappa shape index (κ2) is 10.3. The van der Waals surface area contributed by atoms with E-state index in [4.69, 9.17) is 14.6 Å². The van der Waals surface area contributed by atoms with E-state index in [0.29, 0.717) is 24.2 Å². The normalized spacial score (nSPS) is 20.7. The molecule has 0 aliphatic heterocycles. The van der Waals surface area contributed by atoms with Crippen LogP contribution in [0.2, 0.25) is 0 Å². The van der Waals surface area contributed by atoms with E-state index in [9.17, 15) is 4.79 Å². The van der Waals surface area contributed by atoms with E-state index >= 15 is 0 Å². The van der Waals surface area contributed by atoms with Gasteiger partial charge in [-0.15, -0.1) is 0 Å². The van der Waals surface area contributed by atoms with Crippen LogP contribution in [0, 0.1) is 5.92 Å². The summed E-state index contributed by atoms with van der Waals surface area (Å²) in [6, 6.07) is 6.63. The van der Waals surface area contributed by atoms with Crippen molar-refractivity contribution in [3.05, 3.63) is 29.8 Å². The summed E-state index contributed by atoms with van der Waals surface area (Å²) in [7, 11) is 0. The number of carboxylic acids is 1. The van der Waals surface area contributed by atoms with Crippen LogP contribution in [0.25, 0.3) is 0 Å². The summed E-state index contributed by atoms with van der Waals surface area (Å²) < 4.78 is 11.8. The van der Waals surface area contributed by atoms with Crippen LogP contribution >= 0.6 is 0 Å². The molecule has 0 saturated heterocycles. The van der Waals surface area contributed by atoms with E-state index in [1.165, 1.54) is 25.7 Å². The third kappa shape index (κ3) is 6.52. The zero-order chi connectivity index (χ0) is 17.2. The van der Waals surface area contributed by atoms with Crippen molar-refractivity contribution in [2.75, 3.05) is 13.2 Å². The Kier molecular flexibility index (Phi) is 8.10. The van der Waals surface area contributed by atoms with Crippen LogP contribution in [-0.2, 0) is 4.74 Å². The first-order chi connectivity index (χ1) is 11.7. The summed E-state index contributed by atoms with van der Waals surface area (Å²) in [6.45, 7) is 3.84. The molecule has 1 aromatic carbocycles. The number of rotatable bonds is 10. The van der Waals surface area contributed by atoms with Gasteiger partial charge in [0.1, 0.15) is 5.75 Å². The predicted octanol–water partition coefficient (Wildman–Crippen LogP) is 4.92. The van der Waals surface area contributed by atoms with E-state index in [-0.39, 0.29) is 0 Å². The molecule has 4 heteroatoms. The molecule has 0 bridgehead atoms. The van der Waals surface area contributed by atoms with Crippen molar-refractivity contribution in [2.24, 2.45) is 5.92 Å². The molecule has 0 radical (unpaired) electrons. The molecule has 0 spiro atoms. The fraction of sp³-hybridized carbons (Fsp3) is 0.650. The topological polar surface area (TPSA) is 55.8 Å². The van der Waals surface area contributed by atoms with Gasteiger partial charge in [-0.3, -0.25) is 0 Å². The molecule has 0 heterocycles. The van der Waals surface area contributed by atoms with Crippen molar-refractivity contribution in [1.29, 1.82) is 0 Å². The minimum atomic E-state index is -0.908. The molecular weight excluding hydrogens is 304 g/mol. The number of hydrogen-bond acceptors (Lipinski definition) is 3. The van der Waals surface area contributed by atoms with E-state index in [1.807, 2.05) is 0 Å². The largest absolute Gasteiger partial charge is 0.493 e. The van der Waals surface area contributed by atoms with Crippen molar-refractivity contribution >= 4 is 5.97 Å². The second-order valence-electron chi connectivity index (χ2n) is 6.71. The smallest absolute Gasteiger partial charge is 0.335 e. The van der Waals surface area contributed by atoms with Crippen molar-refractivity contribution < 1.29 is 19.4 Å². The predicted molar refractivity (Wildman–Crippen MR) is 94.7 cm³/mol. The lowest BCUT2D eigenvalue weighted by molar-refractivity contribution is 0.0111. The van der Waals surface area contributed by atoms with Crippen molar-refractivity contribution in [3.63, 3.8) is 0 Å². The molecule has 1 aromatic rings. The van der Waals surface area contributed by atoms with Crippen molar-refractivity contribution in [1.82, 2.24) is 0 Å². The molecule has 1 N–H and O–H groups in total. The van der Waals surface area contributed by atoms with Crippen LogP contribution in [0.5, 0.6) is 5.75 Å². The van der Waals surface area contributed by atoms with Gasteiger partial charge in [-0.25, -0.2) is 4.79 Å². The highest BCUT2D eigenvalue weighted by Gasteiger charge is 2.22. The van der Waals surface area contributed by atoms with Gasteiger partial charge in [0.15, 0.2) is 0 Å². The summed E-state index contributed by atoms with van der Waals surface area (Å²) in [5.41, 5.74) is 0.291. The van der Waals surface area contributed by atoms with E-state index in [1.54, 1.807) is 24.3 Å². The molecule has 2 rings (SSSR count). The van der Waals surface area contributed by atoms with E-state index < -0.39 is 5.97 Å². The maximum atomic E-state index is 10.8. The Hall–Kier alpha value is -1.55. The SMILES string of the molecule is CCCCCCOC1CCC(COc2ccc(C(=O)O)cc2)CC1. The Morgan fingerprint density at radius 2 is 1.79 bits per heavy atom. The molecule has 0 unspecified atom stereocenters. The number of benzene rings is 1. The van der Waals surface area contributed by atoms with Gasteiger partial charge in [0.25, 0.3) is 0 Å². The number of unbranched alkanes of at least 4 members (excludes halogenated alkanes) is 3. The Balaban J connectivity index is 1.60. The number of aromatic carboxylic acids is 1. The molecule has 4 nitrogen and oxygen atoms in total. The standard InChI is InChI=1S/C20H30O4/c1-2-3-4-5-14-23-18-10-6-16(7-11-18)15-24-19-12-8-17(9-13-19)20(21)22/h8-9,12-13,16,18H,2-7,10-11,14-15H2,1H3,(H,21,22). The molecule has 1 aliphatic carbocycles. The first-order valence-electron chi connectivity index (χ1n) is 9.26. The van der Waals surface area contributed by atoms with Crippen LogP contribution in [0.15, 0.2) is 24.3 Å². The Labute approximate surface area is 145 Å². The summed E-state index contributed by atoms with van der Waals surface area (Å²) in [4.78, 5) is 10.8. The van der Waals surface area contributed by atoms with E-state index in [2.05, 4.69) is 6.92 Å². The lowest BCUT2D eigenvalue weighted by atomic mass is 9.88. The summed E-state index contributed by atoms with van der Waals surface area (Å²) in [5, 5.41) is 8.89. The molecule has 1 fully saturated rings. The molecule has 0 amide bonds. The highest BCUT2D eigenvalue weighted by molar-refractivity contribution is 5.87. The molecule has 0 atom stereocenters. The van der Waals surface area contributed by atoms with Crippen LogP contribution in [-0.4, -0.2) is 30.4 Å². The average Bonchev–Trinajstić information content (AvgIpc) is 2.61. The molecule has 134 valence electrons. The summed E-state index contributed by atoms with van der Waals surface area (Å²) in [5.74, 6) is 0.410. The Morgan fingerprint density at radius 3 is 2.42 bits per heavy atom. The lowest BCUT2D eigenvalue weighted by Crippen LogP contribution is -2.25. The molecule has 1 saturated carbocycles. The monoisotopic (exact) mass is 334 g/mol. The van der Waals surface area contributed by atoms with Crippen molar-refractivity contribution in [2.45, 2.75) is 64.4 Å². The van der Waals surface area contributed by atoms with E-state index in [0.717, 1.165) is 38.0 Å². The summed E-state index contributed by atoms with van der Waals surface area (Å²) >= 11 is 0. The van der Waals surface area contributed by atoms with Gasteiger partial charge in [0, 0.05) is 6.61 Å². The molecule has 0 aromatic heterocycles. The lowest BCUT2D eigenvalue weighted by Gasteiger charge is -2.28. The number of hydrogen-bond donors (Lipinski definition) is 1. The minimum absolute atomic E-state index is 0.291. The number of carboxylic acid groups (broad SMARTS) is 1. The average molecular weight is 334 g/mol.